The highest BCUT2D eigenvalue weighted by Gasteiger charge is 2.49. The maximum atomic E-state index is 11.9. The molecule has 122 valence electrons. The van der Waals surface area contributed by atoms with Crippen molar-refractivity contribution in [3.63, 3.8) is 0 Å². The average Bonchev–Trinajstić information content (AvgIpc) is 2.34. The molecular formula is C13H20Cl3NO4. The molecule has 2 saturated heterocycles. The van der Waals surface area contributed by atoms with E-state index in [0.717, 1.165) is 0 Å². The van der Waals surface area contributed by atoms with Crippen molar-refractivity contribution in [2.75, 3.05) is 6.61 Å². The van der Waals surface area contributed by atoms with Crippen molar-refractivity contribution in [3.8, 4) is 0 Å². The Kier molecular flexibility index (Phi) is 5.04. The first-order chi connectivity index (χ1) is 9.51. The molecule has 0 aromatic heterocycles. The number of halogens is 3. The molecule has 2 rings (SSSR count). The molecule has 2 aliphatic rings. The number of carbonyl (C=O) groups is 1. The van der Waals surface area contributed by atoms with Gasteiger partial charge in [-0.2, -0.15) is 0 Å². The fourth-order valence-electron chi connectivity index (χ4n) is 2.85. The summed E-state index contributed by atoms with van der Waals surface area (Å²) in [6, 6.07) is -0.303. The van der Waals surface area contributed by atoms with Gasteiger partial charge in [-0.25, -0.2) is 0 Å². The highest BCUT2D eigenvalue weighted by atomic mass is 35.6. The molecule has 2 fully saturated rings. The number of carbonyl (C=O) groups excluding carboxylic acids is 1. The molecule has 21 heavy (non-hydrogen) atoms. The third kappa shape index (κ3) is 3.95. The normalized spacial score (nSPS) is 39.5. The summed E-state index contributed by atoms with van der Waals surface area (Å²) in [5.74, 6) is -1.34. The van der Waals surface area contributed by atoms with Crippen LogP contribution in [-0.2, 0) is 19.0 Å². The summed E-state index contributed by atoms with van der Waals surface area (Å²) in [5.41, 5.74) is 0. The van der Waals surface area contributed by atoms with Crippen LogP contribution in [0.5, 0.6) is 0 Å². The second-order valence-corrected chi connectivity index (χ2v) is 8.31. The Bertz CT molecular complexity index is 413. The highest BCUT2D eigenvalue weighted by Crippen LogP contribution is 2.36. The Morgan fingerprint density at radius 3 is 2.48 bits per heavy atom. The number of ether oxygens (including phenoxy) is 3. The van der Waals surface area contributed by atoms with Crippen LogP contribution in [0.2, 0.25) is 0 Å². The molecule has 5 atom stereocenters. The molecule has 1 amide bonds. The molecule has 5 nitrogen and oxygen atoms in total. The smallest absolute Gasteiger partial charge is 0.272 e. The Morgan fingerprint density at radius 1 is 1.29 bits per heavy atom. The van der Waals surface area contributed by atoms with Gasteiger partial charge in [-0.3, -0.25) is 4.79 Å². The van der Waals surface area contributed by atoms with Crippen molar-refractivity contribution in [3.05, 3.63) is 0 Å². The SMILES string of the molecule is C[C@@H]1OC2COC(C)(C)O[C@H]2[C@H](C)C1NC(=O)C(Cl)(Cl)Cl. The van der Waals surface area contributed by atoms with Gasteiger partial charge >= 0.3 is 0 Å². The fraction of sp³-hybridized carbons (Fsp3) is 0.923. The third-order valence-electron chi connectivity index (χ3n) is 3.92. The minimum absolute atomic E-state index is 0.00164. The monoisotopic (exact) mass is 359 g/mol. The van der Waals surface area contributed by atoms with Crippen molar-refractivity contribution in [2.24, 2.45) is 5.92 Å². The second kappa shape index (κ2) is 6.02. The summed E-state index contributed by atoms with van der Waals surface area (Å²) in [5, 5.41) is 2.74. The Balaban J connectivity index is 2.11. The molecule has 2 unspecified atom stereocenters. The predicted octanol–water partition coefficient (Wildman–Crippen LogP) is 2.42. The maximum Gasteiger partial charge on any atom is 0.272 e. The number of fused-ring (bicyclic) bond motifs is 1. The first-order valence-electron chi connectivity index (χ1n) is 6.86. The summed E-state index contributed by atoms with van der Waals surface area (Å²) in [4.78, 5) is 11.9. The summed E-state index contributed by atoms with van der Waals surface area (Å²) < 4.78 is 15.4. The van der Waals surface area contributed by atoms with Crippen LogP contribution in [0.1, 0.15) is 27.7 Å². The van der Waals surface area contributed by atoms with Crippen LogP contribution >= 0.6 is 34.8 Å². The highest BCUT2D eigenvalue weighted by molar-refractivity contribution is 6.76. The Hall–Kier alpha value is 0.220. The van der Waals surface area contributed by atoms with Gasteiger partial charge in [-0.1, -0.05) is 41.7 Å². The number of rotatable bonds is 1. The minimum Gasteiger partial charge on any atom is -0.368 e. The third-order valence-corrected chi connectivity index (χ3v) is 4.43. The van der Waals surface area contributed by atoms with Crippen molar-refractivity contribution in [1.82, 2.24) is 5.32 Å². The van der Waals surface area contributed by atoms with Crippen LogP contribution in [0.3, 0.4) is 0 Å². The van der Waals surface area contributed by atoms with E-state index in [0.29, 0.717) is 6.61 Å². The Morgan fingerprint density at radius 2 is 1.90 bits per heavy atom. The van der Waals surface area contributed by atoms with Gasteiger partial charge in [-0.05, 0) is 20.8 Å². The summed E-state index contributed by atoms with van der Waals surface area (Å²) >= 11 is 16.8. The topological polar surface area (TPSA) is 56.8 Å². The van der Waals surface area contributed by atoms with Crippen molar-refractivity contribution >= 4 is 40.7 Å². The number of hydrogen-bond donors (Lipinski definition) is 1. The molecule has 8 heteroatoms. The predicted molar refractivity (Wildman–Crippen MR) is 80.6 cm³/mol. The van der Waals surface area contributed by atoms with E-state index in [1.54, 1.807) is 0 Å². The minimum atomic E-state index is -1.99. The van der Waals surface area contributed by atoms with Crippen molar-refractivity contribution < 1.29 is 19.0 Å². The molecule has 0 aliphatic carbocycles. The molecule has 0 spiro atoms. The van der Waals surface area contributed by atoms with E-state index in [4.69, 9.17) is 49.0 Å². The molecule has 2 heterocycles. The number of nitrogens with one attached hydrogen (secondary N) is 1. The van der Waals surface area contributed by atoms with E-state index in [9.17, 15) is 4.79 Å². The first kappa shape index (κ1) is 17.6. The summed E-state index contributed by atoms with van der Waals surface area (Å²) in [6.45, 7) is 8.01. The number of hydrogen-bond acceptors (Lipinski definition) is 4. The van der Waals surface area contributed by atoms with Gasteiger partial charge in [0.05, 0.1) is 24.9 Å². The lowest BCUT2D eigenvalue weighted by atomic mass is 9.85. The fourth-order valence-corrected chi connectivity index (χ4v) is 3.02. The van der Waals surface area contributed by atoms with E-state index in [1.165, 1.54) is 0 Å². The van der Waals surface area contributed by atoms with E-state index in [-0.39, 0.29) is 30.3 Å². The van der Waals surface area contributed by atoms with E-state index >= 15 is 0 Å². The van der Waals surface area contributed by atoms with Crippen LogP contribution in [0, 0.1) is 5.92 Å². The van der Waals surface area contributed by atoms with Crippen LogP contribution < -0.4 is 5.32 Å². The molecule has 1 N–H and O–H groups in total. The van der Waals surface area contributed by atoms with Gasteiger partial charge in [0.15, 0.2) is 5.79 Å². The van der Waals surface area contributed by atoms with E-state index < -0.39 is 15.5 Å². The first-order valence-corrected chi connectivity index (χ1v) is 7.99. The van der Waals surface area contributed by atoms with Crippen LogP contribution in [0.4, 0.5) is 0 Å². The molecule has 0 saturated carbocycles. The van der Waals surface area contributed by atoms with Crippen LogP contribution in [0.25, 0.3) is 0 Å². The van der Waals surface area contributed by atoms with E-state index in [2.05, 4.69) is 5.32 Å². The lowest BCUT2D eigenvalue weighted by Gasteiger charge is -2.50. The zero-order valence-electron chi connectivity index (χ0n) is 12.4. The molecule has 2 aliphatic heterocycles. The standard InChI is InChI=1S/C13H20Cl3NO4/c1-6-9(17-11(18)13(14,15)16)7(2)20-8-5-19-12(3,4)21-10(6)8/h6-10H,5H2,1-4H3,(H,17,18)/t6-,7+,8?,9?,10+/m1/s1. The van der Waals surface area contributed by atoms with Gasteiger partial charge in [-0.15, -0.1) is 0 Å². The lowest BCUT2D eigenvalue weighted by molar-refractivity contribution is -0.339. The molecule has 0 aromatic carbocycles. The molecule has 0 aromatic rings. The number of amides is 1. The summed E-state index contributed by atoms with van der Waals surface area (Å²) in [7, 11) is 0. The molecule has 0 bridgehead atoms. The maximum absolute atomic E-state index is 11.9. The zero-order chi connectivity index (χ0) is 16.0. The van der Waals surface area contributed by atoms with Crippen LogP contribution in [0.15, 0.2) is 0 Å². The van der Waals surface area contributed by atoms with Crippen LogP contribution in [-0.4, -0.2) is 46.4 Å². The van der Waals surface area contributed by atoms with Gasteiger partial charge in [0.2, 0.25) is 0 Å². The second-order valence-electron chi connectivity index (χ2n) is 6.03. The van der Waals surface area contributed by atoms with Gasteiger partial charge in [0.1, 0.15) is 6.10 Å². The quantitative estimate of drug-likeness (QED) is 0.730. The van der Waals surface area contributed by atoms with Crippen molar-refractivity contribution in [2.45, 2.75) is 61.6 Å². The van der Waals surface area contributed by atoms with Gasteiger partial charge < -0.3 is 19.5 Å². The molecular weight excluding hydrogens is 341 g/mol. The lowest BCUT2D eigenvalue weighted by Crippen LogP contribution is -2.64. The summed E-state index contributed by atoms with van der Waals surface area (Å²) in [6.07, 6.45) is -0.583. The van der Waals surface area contributed by atoms with Crippen molar-refractivity contribution in [1.29, 1.82) is 0 Å². The average molecular weight is 361 g/mol. The zero-order valence-corrected chi connectivity index (χ0v) is 14.6. The van der Waals surface area contributed by atoms with Gasteiger partial charge in [0.25, 0.3) is 9.70 Å². The van der Waals surface area contributed by atoms with Gasteiger partial charge in [0, 0.05) is 5.92 Å². The largest absolute Gasteiger partial charge is 0.368 e. The number of alkyl halides is 3. The Labute approximate surface area is 139 Å². The molecule has 0 radical (unpaired) electrons. The van der Waals surface area contributed by atoms with E-state index in [1.807, 2.05) is 27.7 Å².